The molecule has 1 rings (SSSR count). The largest absolute Gasteiger partial charge is 0.485 e. The van der Waals surface area contributed by atoms with Gasteiger partial charge < -0.3 is 10.1 Å². The number of ether oxygens (including phenoxy) is 1. The van der Waals surface area contributed by atoms with Crippen molar-refractivity contribution in [2.24, 2.45) is 0 Å². The van der Waals surface area contributed by atoms with Crippen LogP contribution in [0.2, 0.25) is 0 Å². The van der Waals surface area contributed by atoms with Gasteiger partial charge in [-0.05, 0) is 19.1 Å². The standard InChI is InChI=1S/C10H12NO2/c1-3-13-10-7-5-4-6-9(10)11-8(2)12/h3-7H,1-2H3,(H,11,12). The Morgan fingerprint density at radius 1 is 1.46 bits per heavy atom. The van der Waals surface area contributed by atoms with Gasteiger partial charge in [0.05, 0.1) is 5.69 Å². The van der Waals surface area contributed by atoms with E-state index in [-0.39, 0.29) is 5.91 Å². The zero-order chi connectivity index (χ0) is 9.68. The van der Waals surface area contributed by atoms with Gasteiger partial charge in [0.2, 0.25) is 5.91 Å². The van der Waals surface area contributed by atoms with Gasteiger partial charge in [0.25, 0.3) is 0 Å². The monoisotopic (exact) mass is 178 g/mol. The zero-order valence-corrected chi connectivity index (χ0v) is 7.70. The van der Waals surface area contributed by atoms with Gasteiger partial charge in [0.15, 0.2) is 0 Å². The highest BCUT2D eigenvalue weighted by Gasteiger charge is 2.02. The van der Waals surface area contributed by atoms with Crippen LogP contribution in [0, 0.1) is 6.61 Å². The van der Waals surface area contributed by atoms with Crippen molar-refractivity contribution in [1.82, 2.24) is 0 Å². The van der Waals surface area contributed by atoms with E-state index in [0.29, 0.717) is 11.4 Å². The summed E-state index contributed by atoms with van der Waals surface area (Å²) in [5.74, 6) is 0.548. The first-order valence-corrected chi connectivity index (χ1v) is 4.05. The van der Waals surface area contributed by atoms with Crippen molar-refractivity contribution in [3.05, 3.63) is 30.9 Å². The molecule has 1 aromatic carbocycles. The number of anilines is 1. The minimum absolute atomic E-state index is 0.104. The van der Waals surface area contributed by atoms with E-state index in [0.717, 1.165) is 0 Å². The van der Waals surface area contributed by atoms with Crippen molar-refractivity contribution >= 4 is 11.6 Å². The van der Waals surface area contributed by atoms with Crippen LogP contribution in [0.15, 0.2) is 24.3 Å². The van der Waals surface area contributed by atoms with Crippen LogP contribution in [0.5, 0.6) is 5.75 Å². The molecule has 1 aromatic rings. The van der Waals surface area contributed by atoms with Crippen molar-refractivity contribution in [1.29, 1.82) is 0 Å². The maximum absolute atomic E-state index is 10.8. The molecule has 3 nitrogen and oxygen atoms in total. The molecule has 1 amide bonds. The van der Waals surface area contributed by atoms with Crippen molar-refractivity contribution in [2.75, 3.05) is 5.32 Å². The Morgan fingerprint density at radius 3 is 2.77 bits per heavy atom. The van der Waals surface area contributed by atoms with Crippen molar-refractivity contribution in [2.45, 2.75) is 13.8 Å². The maximum Gasteiger partial charge on any atom is 0.221 e. The van der Waals surface area contributed by atoms with Gasteiger partial charge in [-0.2, -0.15) is 0 Å². The fourth-order valence-corrected chi connectivity index (χ4v) is 0.989. The molecule has 0 aromatic heterocycles. The SMILES string of the molecule is C[CH]Oc1ccccc1NC(C)=O. The number of hydrogen-bond acceptors (Lipinski definition) is 2. The molecule has 0 spiro atoms. The highest BCUT2D eigenvalue weighted by molar-refractivity contribution is 5.90. The van der Waals surface area contributed by atoms with Crippen LogP contribution in [0.1, 0.15) is 13.8 Å². The van der Waals surface area contributed by atoms with E-state index < -0.39 is 0 Å². The minimum atomic E-state index is -0.104. The number of nitrogens with one attached hydrogen (secondary N) is 1. The molecule has 1 radical (unpaired) electrons. The Kier molecular flexibility index (Phi) is 3.31. The number of benzene rings is 1. The van der Waals surface area contributed by atoms with E-state index in [2.05, 4.69) is 5.32 Å². The topological polar surface area (TPSA) is 38.3 Å². The molecule has 0 saturated carbocycles. The smallest absolute Gasteiger partial charge is 0.221 e. The highest BCUT2D eigenvalue weighted by Crippen LogP contribution is 2.23. The number of hydrogen-bond donors (Lipinski definition) is 1. The lowest BCUT2D eigenvalue weighted by molar-refractivity contribution is -0.114. The van der Waals surface area contributed by atoms with Crippen LogP contribution >= 0.6 is 0 Å². The molecule has 3 heteroatoms. The Bertz CT molecular complexity index is 297. The van der Waals surface area contributed by atoms with Crippen molar-refractivity contribution in [3.63, 3.8) is 0 Å². The number of rotatable bonds is 3. The molecule has 0 atom stereocenters. The van der Waals surface area contributed by atoms with E-state index in [4.69, 9.17) is 4.74 Å². The van der Waals surface area contributed by atoms with Crippen LogP contribution in [0.4, 0.5) is 5.69 Å². The zero-order valence-electron chi connectivity index (χ0n) is 7.70. The van der Waals surface area contributed by atoms with E-state index in [1.807, 2.05) is 12.1 Å². The number of carbonyl (C=O) groups is 1. The maximum atomic E-state index is 10.8. The third-order valence-electron chi connectivity index (χ3n) is 1.44. The van der Waals surface area contributed by atoms with Crippen LogP contribution in [0.25, 0.3) is 0 Å². The Morgan fingerprint density at radius 2 is 2.15 bits per heavy atom. The summed E-state index contributed by atoms with van der Waals surface area (Å²) in [5, 5.41) is 2.67. The molecule has 0 bridgehead atoms. The predicted molar refractivity (Wildman–Crippen MR) is 51.3 cm³/mol. The Labute approximate surface area is 77.7 Å². The van der Waals surface area contributed by atoms with Crippen LogP contribution in [0.3, 0.4) is 0 Å². The van der Waals surface area contributed by atoms with E-state index in [1.54, 1.807) is 25.7 Å². The lowest BCUT2D eigenvalue weighted by atomic mass is 10.3. The molecular formula is C10H12NO2. The second kappa shape index (κ2) is 4.50. The summed E-state index contributed by atoms with van der Waals surface area (Å²) in [5.41, 5.74) is 0.688. The third-order valence-corrected chi connectivity index (χ3v) is 1.44. The first-order chi connectivity index (χ1) is 6.24. The molecule has 0 aliphatic carbocycles. The molecule has 1 N–H and O–H groups in total. The lowest BCUT2D eigenvalue weighted by Gasteiger charge is -2.08. The number of amides is 1. The molecule has 0 heterocycles. The summed E-state index contributed by atoms with van der Waals surface area (Å²) in [7, 11) is 0. The summed E-state index contributed by atoms with van der Waals surface area (Å²) < 4.78 is 5.20. The molecular weight excluding hydrogens is 166 g/mol. The second-order valence-corrected chi connectivity index (χ2v) is 2.53. The third kappa shape index (κ3) is 2.78. The van der Waals surface area contributed by atoms with Gasteiger partial charge in [0, 0.05) is 6.92 Å². The van der Waals surface area contributed by atoms with Crippen molar-refractivity contribution in [3.8, 4) is 5.75 Å². The van der Waals surface area contributed by atoms with Gasteiger partial charge in [-0.15, -0.1) is 0 Å². The van der Waals surface area contributed by atoms with Crippen LogP contribution in [-0.2, 0) is 4.79 Å². The molecule has 0 aliphatic heterocycles. The number of carbonyl (C=O) groups excluding carboxylic acids is 1. The van der Waals surface area contributed by atoms with Crippen molar-refractivity contribution < 1.29 is 9.53 Å². The predicted octanol–water partition coefficient (Wildman–Crippen LogP) is 2.21. The van der Waals surface area contributed by atoms with Gasteiger partial charge in [-0.25, -0.2) is 0 Å². The summed E-state index contributed by atoms with van der Waals surface area (Å²) in [6.07, 6.45) is 0. The molecule has 0 fully saturated rings. The average molecular weight is 178 g/mol. The first-order valence-electron chi connectivity index (χ1n) is 4.05. The van der Waals surface area contributed by atoms with E-state index in [1.165, 1.54) is 6.92 Å². The van der Waals surface area contributed by atoms with Gasteiger partial charge >= 0.3 is 0 Å². The minimum Gasteiger partial charge on any atom is -0.485 e. The molecule has 69 valence electrons. The summed E-state index contributed by atoms with van der Waals surface area (Å²) in [6, 6.07) is 7.28. The lowest BCUT2D eigenvalue weighted by Crippen LogP contribution is -2.06. The van der Waals surface area contributed by atoms with E-state index >= 15 is 0 Å². The van der Waals surface area contributed by atoms with Crippen LogP contribution in [-0.4, -0.2) is 5.91 Å². The van der Waals surface area contributed by atoms with Gasteiger partial charge in [0.1, 0.15) is 12.4 Å². The molecule has 0 unspecified atom stereocenters. The summed E-state index contributed by atoms with van der Waals surface area (Å²) in [4.78, 5) is 10.8. The summed E-state index contributed by atoms with van der Waals surface area (Å²) in [6.45, 7) is 4.82. The van der Waals surface area contributed by atoms with E-state index in [9.17, 15) is 4.79 Å². The fraction of sp³-hybridized carbons (Fsp3) is 0.200. The Hall–Kier alpha value is -1.51. The average Bonchev–Trinajstić information content (AvgIpc) is 2.08. The summed E-state index contributed by atoms with van der Waals surface area (Å²) >= 11 is 0. The normalized spacial score (nSPS) is 9.38. The molecule has 13 heavy (non-hydrogen) atoms. The quantitative estimate of drug-likeness (QED) is 0.770. The molecule has 0 aliphatic rings. The van der Waals surface area contributed by atoms with Crippen LogP contribution < -0.4 is 10.1 Å². The number of para-hydroxylation sites is 2. The highest BCUT2D eigenvalue weighted by atomic mass is 16.5. The fourth-order valence-electron chi connectivity index (χ4n) is 0.989. The molecule has 0 saturated heterocycles. The second-order valence-electron chi connectivity index (χ2n) is 2.53. The Balaban J connectivity index is 2.84. The van der Waals surface area contributed by atoms with Gasteiger partial charge in [-0.1, -0.05) is 12.1 Å². The first kappa shape index (κ1) is 9.58. The van der Waals surface area contributed by atoms with Gasteiger partial charge in [-0.3, -0.25) is 4.79 Å².